The first-order chi connectivity index (χ1) is 12.7. The summed E-state index contributed by atoms with van der Waals surface area (Å²) in [5, 5.41) is 3.14. The Morgan fingerprint density at radius 2 is 2.00 bits per heavy atom. The van der Waals surface area contributed by atoms with E-state index in [4.69, 9.17) is 4.74 Å². The van der Waals surface area contributed by atoms with Crippen LogP contribution in [-0.4, -0.2) is 99.4 Å². The standard InChI is InChI=1S/C17H30N6O3S/c1-21(2)13-10-23(11-14(13)26-5)15-6-9-18-16(20-15)19-12-17(7-8-17)27(24,25)22(3)4/h6,9,13-14H,7-8,10-12H2,1-5H3,(H,18,19,20)/t13-,14+/m0/s1. The minimum absolute atomic E-state index is 0.117. The molecule has 27 heavy (non-hydrogen) atoms. The van der Waals surface area contributed by atoms with Crippen LogP contribution in [-0.2, 0) is 14.8 Å². The van der Waals surface area contributed by atoms with E-state index in [1.54, 1.807) is 27.4 Å². The van der Waals surface area contributed by atoms with Crippen molar-refractivity contribution in [3.63, 3.8) is 0 Å². The van der Waals surface area contributed by atoms with E-state index < -0.39 is 14.8 Å². The molecule has 1 saturated heterocycles. The third-order valence-electron chi connectivity index (χ3n) is 5.57. The first-order valence-electron chi connectivity index (χ1n) is 9.13. The fourth-order valence-corrected chi connectivity index (χ4v) is 5.22. The number of nitrogens with one attached hydrogen (secondary N) is 1. The summed E-state index contributed by atoms with van der Waals surface area (Å²) in [6.45, 7) is 1.90. The second kappa shape index (κ2) is 7.50. The van der Waals surface area contributed by atoms with E-state index in [9.17, 15) is 8.42 Å². The molecular weight excluding hydrogens is 368 g/mol. The molecule has 1 saturated carbocycles. The monoisotopic (exact) mass is 398 g/mol. The first kappa shape index (κ1) is 20.2. The van der Waals surface area contributed by atoms with Gasteiger partial charge >= 0.3 is 0 Å². The highest BCUT2D eigenvalue weighted by molar-refractivity contribution is 7.90. The molecule has 3 rings (SSSR count). The fraction of sp³-hybridized carbons (Fsp3) is 0.765. The summed E-state index contributed by atoms with van der Waals surface area (Å²) in [5.41, 5.74) is 0. The minimum atomic E-state index is -3.31. The van der Waals surface area contributed by atoms with Crippen molar-refractivity contribution in [1.29, 1.82) is 0 Å². The molecule has 9 nitrogen and oxygen atoms in total. The molecule has 0 unspecified atom stereocenters. The summed E-state index contributed by atoms with van der Waals surface area (Å²) in [7, 11) is 5.68. The number of ether oxygens (including phenoxy) is 1. The number of hydrogen-bond acceptors (Lipinski definition) is 8. The molecular formula is C17H30N6O3S. The van der Waals surface area contributed by atoms with Crippen LogP contribution in [0.5, 0.6) is 0 Å². The Morgan fingerprint density at radius 3 is 2.52 bits per heavy atom. The van der Waals surface area contributed by atoms with E-state index >= 15 is 0 Å². The molecule has 152 valence electrons. The van der Waals surface area contributed by atoms with Gasteiger partial charge in [-0.3, -0.25) is 0 Å². The zero-order chi connectivity index (χ0) is 19.8. The molecule has 1 aliphatic heterocycles. The number of aromatic nitrogens is 2. The van der Waals surface area contributed by atoms with Gasteiger partial charge in [-0.05, 0) is 33.0 Å². The van der Waals surface area contributed by atoms with Crippen molar-refractivity contribution in [2.24, 2.45) is 0 Å². The molecule has 0 amide bonds. The Balaban J connectivity index is 1.69. The van der Waals surface area contributed by atoms with E-state index in [1.807, 2.05) is 20.2 Å². The SMILES string of the molecule is CO[C@@H]1CN(c2ccnc(NCC3(S(=O)(=O)N(C)C)CC3)n2)C[C@@H]1N(C)C. The predicted molar refractivity (Wildman–Crippen MR) is 106 cm³/mol. The molecule has 1 aliphatic carbocycles. The van der Waals surface area contributed by atoms with Crippen LogP contribution in [0.1, 0.15) is 12.8 Å². The maximum Gasteiger partial charge on any atom is 0.224 e. The van der Waals surface area contributed by atoms with Crippen LogP contribution in [0.4, 0.5) is 11.8 Å². The summed E-state index contributed by atoms with van der Waals surface area (Å²) in [5.74, 6) is 1.27. The third-order valence-corrected chi connectivity index (χ3v) is 8.18. The molecule has 2 fully saturated rings. The smallest absolute Gasteiger partial charge is 0.224 e. The number of nitrogens with zero attached hydrogens (tertiary/aromatic N) is 5. The van der Waals surface area contributed by atoms with E-state index in [1.165, 1.54) is 4.31 Å². The second-order valence-corrected chi connectivity index (χ2v) is 10.3. The lowest BCUT2D eigenvalue weighted by atomic mass is 10.2. The van der Waals surface area contributed by atoms with Gasteiger partial charge < -0.3 is 19.9 Å². The Hall–Kier alpha value is -1.49. The lowest BCUT2D eigenvalue weighted by molar-refractivity contribution is 0.0639. The first-order valence-corrected chi connectivity index (χ1v) is 10.6. The molecule has 1 aromatic heterocycles. The number of likely N-dealkylation sites (N-methyl/N-ethyl adjacent to an activating group) is 1. The largest absolute Gasteiger partial charge is 0.378 e. The molecule has 2 atom stereocenters. The van der Waals surface area contributed by atoms with E-state index in [0.29, 0.717) is 31.4 Å². The van der Waals surface area contributed by atoms with Gasteiger partial charge in [0, 0.05) is 47.0 Å². The number of rotatable bonds is 8. The summed E-state index contributed by atoms with van der Waals surface area (Å²) >= 11 is 0. The van der Waals surface area contributed by atoms with Gasteiger partial charge in [0.1, 0.15) is 10.6 Å². The highest BCUT2D eigenvalue weighted by atomic mass is 32.2. The topological polar surface area (TPSA) is 90.9 Å². The highest BCUT2D eigenvalue weighted by Gasteiger charge is 2.55. The predicted octanol–water partition coefficient (Wildman–Crippen LogP) is 0.0777. The van der Waals surface area contributed by atoms with Crippen LogP contribution < -0.4 is 10.2 Å². The van der Waals surface area contributed by atoms with E-state index in [-0.39, 0.29) is 6.10 Å². The molecule has 1 aromatic rings. The van der Waals surface area contributed by atoms with E-state index in [0.717, 1.165) is 18.9 Å². The molecule has 0 aromatic carbocycles. The van der Waals surface area contributed by atoms with Gasteiger partial charge in [-0.25, -0.2) is 17.7 Å². The molecule has 2 heterocycles. The lowest BCUT2D eigenvalue weighted by Gasteiger charge is -2.23. The normalized spacial score (nSPS) is 24.6. The number of anilines is 2. The number of sulfonamides is 1. The van der Waals surface area contributed by atoms with Gasteiger partial charge in [0.05, 0.1) is 12.1 Å². The summed E-state index contributed by atoms with van der Waals surface area (Å²) in [6, 6.07) is 2.17. The van der Waals surface area contributed by atoms with Gasteiger partial charge in [0.15, 0.2) is 0 Å². The quantitative estimate of drug-likeness (QED) is 0.658. The van der Waals surface area contributed by atoms with Crippen molar-refractivity contribution in [3.05, 3.63) is 12.3 Å². The average Bonchev–Trinajstić information content (AvgIpc) is 3.31. The highest BCUT2D eigenvalue weighted by Crippen LogP contribution is 2.44. The average molecular weight is 399 g/mol. The van der Waals surface area contributed by atoms with Crippen molar-refractivity contribution in [3.8, 4) is 0 Å². The van der Waals surface area contributed by atoms with Crippen molar-refractivity contribution in [1.82, 2.24) is 19.2 Å². The van der Waals surface area contributed by atoms with Gasteiger partial charge in [-0.1, -0.05) is 0 Å². The fourth-order valence-electron chi connectivity index (χ4n) is 3.57. The van der Waals surface area contributed by atoms with Crippen molar-refractivity contribution in [2.75, 3.05) is 65.2 Å². The Labute approximate surface area is 161 Å². The zero-order valence-corrected chi connectivity index (χ0v) is 17.5. The summed E-state index contributed by atoms with van der Waals surface area (Å²) < 4.78 is 31.2. The molecule has 1 N–H and O–H groups in total. The van der Waals surface area contributed by atoms with Crippen LogP contribution in [0.3, 0.4) is 0 Å². The molecule has 0 radical (unpaired) electrons. The second-order valence-electron chi connectivity index (χ2n) is 7.77. The van der Waals surface area contributed by atoms with Gasteiger partial charge in [-0.15, -0.1) is 0 Å². The molecule has 2 aliphatic rings. The minimum Gasteiger partial charge on any atom is -0.378 e. The molecule has 10 heteroatoms. The van der Waals surface area contributed by atoms with Crippen LogP contribution in [0.2, 0.25) is 0 Å². The third kappa shape index (κ3) is 3.89. The van der Waals surface area contributed by atoms with Crippen molar-refractivity contribution < 1.29 is 13.2 Å². The number of hydrogen-bond donors (Lipinski definition) is 1. The summed E-state index contributed by atoms with van der Waals surface area (Å²) in [4.78, 5) is 13.2. The zero-order valence-electron chi connectivity index (χ0n) is 16.7. The van der Waals surface area contributed by atoms with Gasteiger partial charge in [0.2, 0.25) is 16.0 Å². The van der Waals surface area contributed by atoms with Crippen molar-refractivity contribution >= 4 is 21.8 Å². The van der Waals surface area contributed by atoms with Crippen LogP contribution in [0.15, 0.2) is 12.3 Å². The van der Waals surface area contributed by atoms with Gasteiger partial charge in [-0.2, -0.15) is 4.98 Å². The van der Waals surface area contributed by atoms with Crippen LogP contribution in [0.25, 0.3) is 0 Å². The van der Waals surface area contributed by atoms with Crippen molar-refractivity contribution in [2.45, 2.75) is 29.7 Å². The Kier molecular flexibility index (Phi) is 5.62. The lowest BCUT2D eigenvalue weighted by Crippen LogP contribution is -2.40. The molecule has 0 spiro atoms. The van der Waals surface area contributed by atoms with Crippen LogP contribution in [0, 0.1) is 0 Å². The summed E-state index contributed by atoms with van der Waals surface area (Å²) in [6.07, 6.45) is 3.14. The Morgan fingerprint density at radius 1 is 1.30 bits per heavy atom. The Bertz CT molecular complexity index is 766. The van der Waals surface area contributed by atoms with Gasteiger partial charge in [0.25, 0.3) is 0 Å². The maximum atomic E-state index is 12.5. The van der Waals surface area contributed by atoms with Crippen LogP contribution >= 0.6 is 0 Å². The van der Waals surface area contributed by atoms with E-state index in [2.05, 4.69) is 25.1 Å². The maximum absolute atomic E-state index is 12.5. The number of methoxy groups -OCH3 is 1. The molecule has 0 bridgehead atoms.